The van der Waals surface area contributed by atoms with Crippen molar-refractivity contribution in [2.45, 2.75) is 87.5 Å². The van der Waals surface area contributed by atoms with E-state index in [0.29, 0.717) is 68.3 Å². The fourth-order valence-corrected chi connectivity index (χ4v) is 13.9. The van der Waals surface area contributed by atoms with Gasteiger partial charge in [-0.15, -0.1) is 0 Å². The van der Waals surface area contributed by atoms with E-state index in [1.165, 1.54) is 35.4 Å². The van der Waals surface area contributed by atoms with Crippen molar-refractivity contribution in [2.75, 3.05) is 80.8 Å². The topological polar surface area (TPSA) is 188 Å². The quantitative estimate of drug-likeness (QED) is 0.0734. The molecule has 0 unspecified atom stereocenters. The minimum atomic E-state index is -4.63. The molecule has 2 aromatic heterocycles. The molecule has 6 aromatic rings. The van der Waals surface area contributed by atoms with Crippen LogP contribution in [-0.4, -0.2) is 123 Å². The van der Waals surface area contributed by atoms with Crippen LogP contribution in [0.3, 0.4) is 0 Å². The van der Waals surface area contributed by atoms with Gasteiger partial charge in [0.1, 0.15) is 23.1 Å². The molecule has 20 heteroatoms. The summed E-state index contributed by atoms with van der Waals surface area (Å²) in [7, 11) is -4.63. The summed E-state index contributed by atoms with van der Waals surface area (Å²) in [5, 5.41) is 16.3. The fraction of sp³-hybridized carbons (Fsp3) is 0.439. The van der Waals surface area contributed by atoms with Crippen molar-refractivity contribution >= 4 is 55.4 Å². The Bertz CT molecular complexity index is 3320. The number of carbonyl (C=O) groups is 1. The van der Waals surface area contributed by atoms with Crippen molar-refractivity contribution in [3.05, 3.63) is 141 Å². The maximum Gasteiger partial charge on any atom is 0.293 e. The number of amides is 1. The van der Waals surface area contributed by atoms with Gasteiger partial charge in [0.2, 0.25) is 5.88 Å². The van der Waals surface area contributed by atoms with Gasteiger partial charge in [0.25, 0.3) is 21.6 Å². The number of aromatic nitrogens is 2. The molecule has 4 aromatic carbocycles. The third kappa shape index (κ3) is 10.2. The highest BCUT2D eigenvalue weighted by Gasteiger charge is 2.50. The van der Waals surface area contributed by atoms with E-state index in [1.807, 2.05) is 24.3 Å². The van der Waals surface area contributed by atoms with Gasteiger partial charge in [-0.2, -0.15) is 4.98 Å². The van der Waals surface area contributed by atoms with Crippen LogP contribution in [0.5, 0.6) is 5.88 Å². The normalized spacial score (nSPS) is 22.2. The van der Waals surface area contributed by atoms with Crippen LogP contribution in [0.15, 0.2) is 102 Å². The molecule has 5 fully saturated rings. The fourth-order valence-electron chi connectivity index (χ4n) is 12.9. The molecule has 4 saturated heterocycles. The van der Waals surface area contributed by atoms with Crippen LogP contribution in [-0.2, 0) is 26.0 Å². The van der Waals surface area contributed by atoms with Crippen molar-refractivity contribution in [1.29, 1.82) is 0 Å². The predicted octanol–water partition coefficient (Wildman–Crippen LogP) is 9.01. The number of halogens is 2. The first-order chi connectivity index (χ1) is 37.3. The molecular formula is C57H63F2N9O8S. The molecule has 1 saturated carbocycles. The second-order valence-electron chi connectivity index (χ2n) is 21.8. The van der Waals surface area contributed by atoms with Crippen LogP contribution in [0, 0.1) is 40.0 Å². The van der Waals surface area contributed by atoms with Crippen molar-refractivity contribution in [3.8, 4) is 5.88 Å². The number of hydrogen-bond donors (Lipinski definition) is 3. The van der Waals surface area contributed by atoms with Gasteiger partial charge in [0.05, 0.1) is 33.7 Å². The molecule has 0 radical (unpaired) electrons. The van der Waals surface area contributed by atoms with Gasteiger partial charge in [-0.25, -0.2) is 21.9 Å². The van der Waals surface area contributed by atoms with Gasteiger partial charge in [-0.05, 0) is 134 Å². The number of fused-ring (bicyclic) bond motifs is 3. The van der Waals surface area contributed by atoms with Crippen molar-refractivity contribution in [3.63, 3.8) is 0 Å². The molecule has 1 spiro atoms. The van der Waals surface area contributed by atoms with Crippen molar-refractivity contribution in [2.24, 2.45) is 11.3 Å². The van der Waals surface area contributed by atoms with Gasteiger partial charge < -0.3 is 34.3 Å². The van der Waals surface area contributed by atoms with Crippen LogP contribution >= 0.6 is 0 Å². The smallest absolute Gasteiger partial charge is 0.293 e. The molecule has 6 aliphatic rings. The first kappa shape index (κ1) is 51.1. The zero-order chi connectivity index (χ0) is 53.0. The lowest BCUT2D eigenvalue weighted by atomic mass is 9.59. The molecule has 17 nitrogen and oxygen atoms in total. The summed E-state index contributed by atoms with van der Waals surface area (Å²) < 4.78 is 76.6. The lowest BCUT2D eigenvalue weighted by Gasteiger charge is -2.58. The number of pyridine rings is 1. The Balaban J connectivity index is 0.802. The minimum absolute atomic E-state index is 0.0947. The van der Waals surface area contributed by atoms with Gasteiger partial charge in [0.15, 0.2) is 11.6 Å². The monoisotopic (exact) mass is 1070 g/mol. The summed E-state index contributed by atoms with van der Waals surface area (Å²) in [6.45, 7) is 9.15. The number of sulfonamides is 1. The molecule has 7 heterocycles. The lowest BCUT2D eigenvalue weighted by molar-refractivity contribution is -0.384. The summed E-state index contributed by atoms with van der Waals surface area (Å²) >= 11 is 0. The average Bonchev–Trinajstić information content (AvgIpc) is 3.91. The van der Waals surface area contributed by atoms with Crippen LogP contribution in [0.4, 0.5) is 37.2 Å². The number of aryl methyl sites for hydroxylation is 1. The number of nitro benzene ring substituents is 1. The van der Waals surface area contributed by atoms with Crippen LogP contribution < -0.4 is 24.6 Å². The number of piperazine rings is 1. The molecule has 0 bridgehead atoms. The Hall–Kier alpha value is -6.71. The Labute approximate surface area is 446 Å². The number of nitrogens with zero attached hydrogens (tertiary/aromatic N) is 6. The maximum atomic E-state index is 14.7. The van der Waals surface area contributed by atoms with Gasteiger partial charge in [0, 0.05) is 101 Å². The Morgan fingerprint density at radius 1 is 0.896 bits per heavy atom. The van der Waals surface area contributed by atoms with E-state index in [4.69, 9.17) is 19.2 Å². The molecule has 3 N–H and O–H groups in total. The van der Waals surface area contributed by atoms with Gasteiger partial charge >= 0.3 is 0 Å². The SMILES string of the molecule is Cc1ccccc1[C@H]1CN(Cc2ccc(F)c(F)c2)CCN1C1CC2(CCN(c3ccc(C(=O)NS(=O)(=O)c4ccc(NCC5CCOCC5)c([N+](=O)[O-])c4)c(N4c5cc6cc[nH]c6nc5O[C@H]5COCC[C@@H]54)c3)CC2)C1. The Morgan fingerprint density at radius 2 is 1.70 bits per heavy atom. The molecular weight excluding hydrogens is 1010 g/mol. The number of H-pyrrole nitrogens is 1. The number of aromatic amines is 1. The summed E-state index contributed by atoms with van der Waals surface area (Å²) in [5.41, 5.74) is 5.92. The van der Waals surface area contributed by atoms with Gasteiger partial charge in [-0.1, -0.05) is 30.3 Å². The van der Waals surface area contributed by atoms with E-state index in [0.717, 1.165) is 94.0 Å². The summed E-state index contributed by atoms with van der Waals surface area (Å²) in [4.78, 5) is 43.5. The number of ether oxygens (including phenoxy) is 3. The molecule has 404 valence electrons. The van der Waals surface area contributed by atoms with Crippen molar-refractivity contribution < 1.29 is 41.1 Å². The van der Waals surface area contributed by atoms with E-state index >= 15 is 0 Å². The number of rotatable bonds is 13. The minimum Gasteiger partial charge on any atom is -0.468 e. The second-order valence-corrected chi connectivity index (χ2v) is 23.5. The highest BCUT2D eigenvalue weighted by Crippen LogP contribution is 2.54. The third-order valence-electron chi connectivity index (χ3n) is 17.2. The zero-order valence-corrected chi connectivity index (χ0v) is 43.8. The second kappa shape index (κ2) is 20.9. The molecule has 1 amide bonds. The predicted molar refractivity (Wildman–Crippen MR) is 287 cm³/mol. The summed E-state index contributed by atoms with van der Waals surface area (Å²) in [6, 6.07) is 26.0. The first-order valence-electron chi connectivity index (χ1n) is 26.8. The number of hydrogen-bond acceptors (Lipinski definition) is 14. The Kier molecular flexibility index (Phi) is 13.9. The molecule has 12 rings (SSSR count). The maximum absolute atomic E-state index is 14.7. The zero-order valence-electron chi connectivity index (χ0n) is 43.0. The molecule has 5 aliphatic heterocycles. The van der Waals surface area contributed by atoms with E-state index in [-0.39, 0.29) is 41.3 Å². The number of nitro groups is 1. The standard InChI is InChI=1S/C57H63F2N9O8S/c1-36-4-2-3-5-43(36)52-34-64(33-38-6-10-45(58)46(59)26-38)21-22-66(52)41-30-57(31-41)16-19-65(20-17-57)40-7-9-44(49(28-40)67-48-15-25-75-35-53(48)76-56-51(67)27-39-12-18-60-54(39)62-56)55(69)63-77(72,73)42-8-11-47(50(29-42)68(70)71)61-32-37-13-23-74-24-14-37/h2-12,18,26-29,37,41,48,52-53,61H,13-17,19-25,30-35H2,1H3,(H,60,62)(H,63,69)/t48-,52+,53-/m0/s1. The largest absolute Gasteiger partial charge is 0.468 e. The molecule has 77 heavy (non-hydrogen) atoms. The van der Waals surface area contributed by atoms with E-state index in [1.54, 1.807) is 18.3 Å². The number of nitrogens with one attached hydrogen (secondary N) is 3. The summed E-state index contributed by atoms with van der Waals surface area (Å²) in [6.07, 6.45) is 7.60. The Morgan fingerprint density at radius 3 is 2.49 bits per heavy atom. The molecule has 3 atom stereocenters. The van der Waals surface area contributed by atoms with Crippen LogP contribution in [0.2, 0.25) is 0 Å². The number of piperidine rings is 1. The highest BCUT2D eigenvalue weighted by molar-refractivity contribution is 7.90. The summed E-state index contributed by atoms with van der Waals surface area (Å²) in [5.74, 6) is -1.95. The average molecular weight is 1070 g/mol. The third-order valence-corrected chi connectivity index (χ3v) is 18.5. The van der Waals surface area contributed by atoms with Crippen LogP contribution in [0.25, 0.3) is 11.0 Å². The lowest BCUT2D eigenvalue weighted by Crippen LogP contribution is -2.59. The van der Waals surface area contributed by atoms with Gasteiger partial charge in [-0.3, -0.25) is 24.7 Å². The van der Waals surface area contributed by atoms with E-state index < -0.39 is 49.2 Å². The van der Waals surface area contributed by atoms with E-state index in [9.17, 15) is 32.1 Å². The molecule has 1 aliphatic carbocycles. The highest BCUT2D eigenvalue weighted by atomic mass is 32.2. The number of carbonyl (C=O) groups excluding carboxylic acids is 1. The number of benzene rings is 4. The van der Waals surface area contributed by atoms with Crippen LogP contribution in [0.1, 0.15) is 78.0 Å². The van der Waals surface area contributed by atoms with E-state index in [2.05, 4.69) is 65.8 Å². The number of anilines is 4. The first-order valence-corrected chi connectivity index (χ1v) is 28.3. The van der Waals surface area contributed by atoms with Crippen molar-refractivity contribution in [1.82, 2.24) is 24.5 Å².